The first-order chi connectivity index (χ1) is 6.87. The van der Waals surface area contributed by atoms with E-state index in [9.17, 15) is 0 Å². The monoisotopic (exact) mass is 212 g/mol. The van der Waals surface area contributed by atoms with Crippen molar-refractivity contribution in [1.82, 2.24) is 0 Å². The molecule has 86 valence electrons. The fourth-order valence-corrected chi connectivity index (χ4v) is 2.07. The Hall–Kier alpha value is -0.0551. The van der Waals surface area contributed by atoms with Gasteiger partial charge < -0.3 is 14.0 Å². The number of hydrogen-bond acceptors (Lipinski definition) is 3. The van der Waals surface area contributed by atoms with Crippen molar-refractivity contribution in [2.75, 3.05) is 13.7 Å². The van der Waals surface area contributed by atoms with E-state index < -0.39 is 0 Å². The lowest BCUT2D eigenvalue weighted by atomic mass is 9.81. The van der Waals surface area contributed by atoms with E-state index in [1.165, 1.54) is 6.42 Å². The highest BCUT2D eigenvalue weighted by atomic mass is 16.7. The highest BCUT2D eigenvalue weighted by Gasteiger charge is 2.59. The first-order valence-electron chi connectivity index (χ1n) is 5.72. The van der Waals surface area contributed by atoms with Crippen molar-refractivity contribution in [2.24, 2.45) is 5.92 Å². The van der Waals surface area contributed by atoms with E-state index >= 15 is 0 Å². The normalized spacial score (nSPS) is 37.0. The van der Waals surface area contributed by atoms with Gasteiger partial charge >= 0.3 is 7.12 Å². The van der Waals surface area contributed by atoms with Gasteiger partial charge in [-0.2, -0.15) is 0 Å². The standard InChI is InChI=1S/C11H21BO3/c1-10(2)11(3,4)15-12(14-10)9-6-8(9)7-13-5/h8-9H,6-7H2,1-5H3. The van der Waals surface area contributed by atoms with Crippen LogP contribution in [0.1, 0.15) is 34.1 Å². The van der Waals surface area contributed by atoms with Crippen molar-refractivity contribution in [1.29, 1.82) is 0 Å². The van der Waals surface area contributed by atoms with Crippen molar-refractivity contribution >= 4 is 7.12 Å². The quantitative estimate of drug-likeness (QED) is 0.670. The van der Waals surface area contributed by atoms with Gasteiger partial charge in [0.2, 0.25) is 0 Å². The minimum absolute atomic E-state index is 0.0323. The Kier molecular flexibility index (Phi) is 2.65. The molecule has 2 rings (SSSR count). The van der Waals surface area contributed by atoms with E-state index in [0.717, 1.165) is 6.61 Å². The molecule has 1 saturated carbocycles. The molecule has 0 aromatic heterocycles. The number of rotatable bonds is 3. The molecule has 2 fully saturated rings. The number of methoxy groups -OCH3 is 1. The Bertz CT molecular complexity index is 236. The summed E-state index contributed by atoms with van der Waals surface area (Å²) in [7, 11) is 1.72. The zero-order chi connectivity index (χ0) is 11.3. The van der Waals surface area contributed by atoms with Crippen LogP contribution in [0.15, 0.2) is 0 Å². The van der Waals surface area contributed by atoms with Crippen LogP contribution in [0.5, 0.6) is 0 Å². The maximum atomic E-state index is 5.99. The van der Waals surface area contributed by atoms with Gasteiger partial charge in [-0.05, 0) is 45.9 Å². The van der Waals surface area contributed by atoms with Gasteiger partial charge in [0, 0.05) is 13.7 Å². The molecule has 0 spiro atoms. The second-order valence-corrected chi connectivity index (χ2v) is 5.74. The van der Waals surface area contributed by atoms with E-state index in [1.807, 2.05) is 0 Å². The van der Waals surface area contributed by atoms with Crippen LogP contribution in [0.3, 0.4) is 0 Å². The lowest BCUT2D eigenvalue weighted by Gasteiger charge is -2.32. The molecule has 0 N–H and O–H groups in total. The van der Waals surface area contributed by atoms with Crippen LogP contribution in [0.25, 0.3) is 0 Å². The molecule has 0 bridgehead atoms. The zero-order valence-corrected chi connectivity index (χ0v) is 10.4. The SMILES string of the molecule is COCC1CC1B1OC(C)(C)C(C)(C)O1. The summed E-state index contributed by atoms with van der Waals surface area (Å²) in [5, 5.41) is 0. The summed E-state index contributed by atoms with van der Waals surface area (Å²) in [5.41, 5.74) is -0.393. The molecule has 1 aliphatic heterocycles. The van der Waals surface area contributed by atoms with Gasteiger partial charge in [0.15, 0.2) is 0 Å². The van der Waals surface area contributed by atoms with Crippen LogP contribution in [-0.2, 0) is 14.0 Å². The average molecular weight is 212 g/mol. The first-order valence-corrected chi connectivity index (χ1v) is 5.72. The molecule has 2 unspecified atom stereocenters. The summed E-state index contributed by atoms with van der Waals surface area (Å²) in [4.78, 5) is 0. The predicted octanol–water partition coefficient (Wildman–Crippen LogP) is 2.12. The number of ether oxygens (including phenoxy) is 1. The highest BCUT2D eigenvalue weighted by molar-refractivity contribution is 6.48. The predicted molar refractivity (Wildman–Crippen MR) is 59.8 cm³/mol. The van der Waals surface area contributed by atoms with Gasteiger partial charge in [0.05, 0.1) is 11.2 Å². The minimum atomic E-state index is -0.197. The summed E-state index contributed by atoms with van der Waals surface area (Å²) in [6.07, 6.45) is 1.17. The Morgan fingerprint density at radius 2 is 1.73 bits per heavy atom. The Morgan fingerprint density at radius 1 is 1.20 bits per heavy atom. The molecule has 15 heavy (non-hydrogen) atoms. The van der Waals surface area contributed by atoms with E-state index in [0.29, 0.717) is 11.7 Å². The third-order valence-electron chi connectivity index (χ3n) is 3.98. The molecule has 2 atom stereocenters. The van der Waals surface area contributed by atoms with Crippen LogP contribution in [0.4, 0.5) is 0 Å². The maximum Gasteiger partial charge on any atom is 0.461 e. The fraction of sp³-hybridized carbons (Fsp3) is 1.00. The van der Waals surface area contributed by atoms with Gasteiger partial charge in [-0.1, -0.05) is 0 Å². The summed E-state index contributed by atoms with van der Waals surface area (Å²) in [5.74, 6) is 1.16. The van der Waals surface area contributed by atoms with E-state index in [-0.39, 0.29) is 18.3 Å². The Labute approximate surface area is 92.6 Å². The van der Waals surface area contributed by atoms with E-state index in [1.54, 1.807) is 7.11 Å². The summed E-state index contributed by atoms with van der Waals surface area (Å²) < 4.78 is 17.1. The van der Waals surface area contributed by atoms with Gasteiger partial charge in [-0.3, -0.25) is 0 Å². The smallest absolute Gasteiger partial charge is 0.403 e. The summed E-state index contributed by atoms with van der Waals surface area (Å²) >= 11 is 0. The second kappa shape index (κ2) is 3.47. The fourth-order valence-electron chi connectivity index (χ4n) is 2.07. The topological polar surface area (TPSA) is 27.7 Å². The van der Waals surface area contributed by atoms with Gasteiger partial charge in [-0.25, -0.2) is 0 Å². The average Bonchev–Trinajstić information content (AvgIpc) is 2.77. The van der Waals surface area contributed by atoms with Crippen molar-refractivity contribution in [3.8, 4) is 0 Å². The zero-order valence-electron chi connectivity index (χ0n) is 10.4. The van der Waals surface area contributed by atoms with Crippen molar-refractivity contribution in [3.63, 3.8) is 0 Å². The molecule has 0 aromatic rings. The Balaban J connectivity index is 1.94. The van der Waals surface area contributed by atoms with Gasteiger partial charge in [0.1, 0.15) is 0 Å². The lowest BCUT2D eigenvalue weighted by molar-refractivity contribution is 0.00578. The summed E-state index contributed by atoms with van der Waals surface area (Å²) in [6.45, 7) is 9.22. The van der Waals surface area contributed by atoms with Crippen molar-refractivity contribution in [2.45, 2.75) is 51.1 Å². The third kappa shape index (κ3) is 1.95. The van der Waals surface area contributed by atoms with Crippen LogP contribution >= 0.6 is 0 Å². The second-order valence-electron chi connectivity index (χ2n) is 5.74. The van der Waals surface area contributed by atoms with E-state index in [2.05, 4.69) is 27.7 Å². The van der Waals surface area contributed by atoms with E-state index in [4.69, 9.17) is 14.0 Å². The number of hydrogen-bond donors (Lipinski definition) is 0. The van der Waals surface area contributed by atoms with Crippen molar-refractivity contribution in [3.05, 3.63) is 0 Å². The van der Waals surface area contributed by atoms with Crippen LogP contribution in [0, 0.1) is 5.92 Å². The molecule has 1 heterocycles. The first kappa shape index (κ1) is 11.4. The van der Waals surface area contributed by atoms with Gasteiger partial charge in [-0.15, -0.1) is 0 Å². The summed E-state index contributed by atoms with van der Waals surface area (Å²) in [6, 6.07) is 0. The molecule has 0 aromatic carbocycles. The minimum Gasteiger partial charge on any atom is -0.403 e. The molecular formula is C11H21BO3. The Morgan fingerprint density at radius 3 is 2.20 bits per heavy atom. The lowest BCUT2D eigenvalue weighted by Crippen LogP contribution is -2.41. The molecule has 2 aliphatic rings. The van der Waals surface area contributed by atoms with Crippen LogP contribution in [0.2, 0.25) is 5.82 Å². The molecule has 0 radical (unpaired) electrons. The van der Waals surface area contributed by atoms with Crippen LogP contribution in [-0.4, -0.2) is 32.0 Å². The van der Waals surface area contributed by atoms with Crippen LogP contribution < -0.4 is 0 Å². The van der Waals surface area contributed by atoms with Gasteiger partial charge in [0.25, 0.3) is 0 Å². The highest BCUT2D eigenvalue weighted by Crippen LogP contribution is 2.52. The molecule has 3 nitrogen and oxygen atoms in total. The molecule has 1 saturated heterocycles. The third-order valence-corrected chi connectivity index (χ3v) is 3.98. The molecular weight excluding hydrogens is 191 g/mol. The largest absolute Gasteiger partial charge is 0.461 e. The molecule has 1 aliphatic carbocycles. The molecule has 4 heteroatoms. The maximum absolute atomic E-state index is 5.99. The molecule has 0 amide bonds. The van der Waals surface area contributed by atoms with Crippen molar-refractivity contribution < 1.29 is 14.0 Å².